The van der Waals surface area contributed by atoms with Crippen molar-refractivity contribution in [2.45, 2.75) is 6.36 Å². The summed E-state index contributed by atoms with van der Waals surface area (Å²) in [5, 5.41) is 8.50. The zero-order valence-corrected chi connectivity index (χ0v) is 7.50. The minimum Gasteiger partial charge on any atom is -0.481 e. The van der Waals surface area contributed by atoms with Crippen molar-refractivity contribution >= 4 is 0 Å². The van der Waals surface area contributed by atoms with E-state index < -0.39 is 12.2 Å². The van der Waals surface area contributed by atoms with Gasteiger partial charge in [-0.2, -0.15) is 10.2 Å². The van der Waals surface area contributed by atoms with Crippen LogP contribution in [0.15, 0.2) is 12.1 Å². The van der Waals surface area contributed by atoms with Crippen molar-refractivity contribution in [3.63, 3.8) is 0 Å². The van der Waals surface area contributed by atoms with Gasteiger partial charge in [0.15, 0.2) is 0 Å². The third-order valence-electron chi connectivity index (χ3n) is 1.38. The van der Waals surface area contributed by atoms with Crippen LogP contribution in [-0.4, -0.2) is 18.5 Å². The normalized spacial score (nSPS) is 10.6. The van der Waals surface area contributed by atoms with Gasteiger partial charge >= 0.3 is 6.36 Å². The molecule has 1 rings (SSSR count). The molecule has 0 aromatic carbocycles. The third-order valence-corrected chi connectivity index (χ3v) is 1.38. The minimum absolute atomic E-state index is 0.0618. The highest BCUT2D eigenvalue weighted by atomic mass is 19.4. The molecule has 0 saturated carbocycles. The van der Waals surface area contributed by atoms with Crippen molar-refractivity contribution in [3.8, 4) is 17.8 Å². The van der Waals surface area contributed by atoms with Crippen LogP contribution in [0.1, 0.15) is 5.56 Å². The van der Waals surface area contributed by atoms with Gasteiger partial charge in [-0.1, -0.05) is 0 Å². The molecule has 80 valence electrons. The maximum atomic E-state index is 11.9. The molecular formula is C8H5F3N2O2. The highest BCUT2D eigenvalue weighted by molar-refractivity contribution is 5.40. The Balaban J connectivity index is 3.08. The van der Waals surface area contributed by atoms with E-state index in [-0.39, 0.29) is 11.4 Å². The summed E-state index contributed by atoms with van der Waals surface area (Å²) in [6.45, 7) is 0. The number of nitriles is 1. The number of alkyl halides is 3. The second-order valence-electron chi connectivity index (χ2n) is 2.37. The van der Waals surface area contributed by atoms with Gasteiger partial charge in [0, 0.05) is 6.07 Å². The van der Waals surface area contributed by atoms with Crippen molar-refractivity contribution in [1.82, 2.24) is 4.98 Å². The number of hydrogen-bond donors (Lipinski definition) is 0. The zero-order valence-electron chi connectivity index (χ0n) is 7.50. The fraction of sp³-hybridized carbons (Fsp3) is 0.250. The first-order valence-corrected chi connectivity index (χ1v) is 3.67. The summed E-state index contributed by atoms with van der Waals surface area (Å²) in [4.78, 5) is 3.36. The molecule has 4 nitrogen and oxygen atoms in total. The van der Waals surface area contributed by atoms with Crippen LogP contribution in [0.2, 0.25) is 0 Å². The van der Waals surface area contributed by atoms with Crippen LogP contribution in [0.25, 0.3) is 0 Å². The van der Waals surface area contributed by atoms with Crippen LogP contribution in [0.4, 0.5) is 13.2 Å². The van der Waals surface area contributed by atoms with Gasteiger partial charge in [0.1, 0.15) is 11.6 Å². The standard InChI is InChI=1S/C8H5F3N2O2/c1-14-6-3-2-5(4-12)7(13-6)15-8(9,10)11/h2-3H,1H3. The van der Waals surface area contributed by atoms with Crippen LogP contribution in [0, 0.1) is 11.3 Å². The molecule has 0 fully saturated rings. The lowest BCUT2D eigenvalue weighted by Crippen LogP contribution is -2.18. The van der Waals surface area contributed by atoms with E-state index in [0.29, 0.717) is 0 Å². The number of halogens is 3. The first-order valence-electron chi connectivity index (χ1n) is 3.67. The summed E-state index contributed by atoms with van der Waals surface area (Å²) in [6.07, 6.45) is -4.88. The molecule has 0 radical (unpaired) electrons. The van der Waals surface area contributed by atoms with Gasteiger partial charge in [0.2, 0.25) is 11.8 Å². The van der Waals surface area contributed by atoms with E-state index in [9.17, 15) is 13.2 Å². The third kappa shape index (κ3) is 3.02. The molecule has 15 heavy (non-hydrogen) atoms. The first-order chi connectivity index (χ1) is 6.96. The predicted molar refractivity (Wildman–Crippen MR) is 42.2 cm³/mol. The Hall–Kier alpha value is -1.97. The molecule has 0 aliphatic heterocycles. The van der Waals surface area contributed by atoms with Gasteiger partial charge in [-0.3, -0.25) is 0 Å². The average molecular weight is 218 g/mol. The van der Waals surface area contributed by atoms with E-state index in [1.165, 1.54) is 19.2 Å². The van der Waals surface area contributed by atoms with E-state index >= 15 is 0 Å². The maximum Gasteiger partial charge on any atom is 0.574 e. The largest absolute Gasteiger partial charge is 0.574 e. The van der Waals surface area contributed by atoms with E-state index in [4.69, 9.17) is 5.26 Å². The quantitative estimate of drug-likeness (QED) is 0.760. The Morgan fingerprint density at radius 1 is 1.40 bits per heavy atom. The number of methoxy groups -OCH3 is 1. The minimum atomic E-state index is -4.88. The molecule has 0 saturated heterocycles. The lowest BCUT2D eigenvalue weighted by atomic mass is 10.3. The summed E-state index contributed by atoms with van der Waals surface area (Å²) in [5.41, 5.74) is -0.312. The number of nitrogens with zero attached hydrogens (tertiary/aromatic N) is 2. The number of aromatic nitrogens is 1. The number of pyridine rings is 1. The highest BCUT2D eigenvalue weighted by Crippen LogP contribution is 2.25. The Morgan fingerprint density at radius 3 is 2.53 bits per heavy atom. The summed E-state index contributed by atoms with van der Waals surface area (Å²) < 4.78 is 43.8. The fourth-order valence-corrected chi connectivity index (χ4v) is 0.810. The molecule has 0 amide bonds. The number of rotatable bonds is 2. The summed E-state index contributed by atoms with van der Waals surface area (Å²) in [6, 6.07) is 3.92. The van der Waals surface area contributed by atoms with Crippen LogP contribution in [0.3, 0.4) is 0 Å². The van der Waals surface area contributed by atoms with E-state index in [1.807, 2.05) is 0 Å². The van der Waals surface area contributed by atoms with E-state index in [2.05, 4.69) is 14.5 Å². The van der Waals surface area contributed by atoms with E-state index in [1.54, 1.807) is 0 Å². The summed E-state index contributed by atoms with van der Waals surface area (Å²) in [5.74, 6) is -0.877. The van der Waals surface area contributed by atoms with Crippen molar-refractivity contribution < 1.29 is 22.6 Å². The zero-order chi connectivity index (χ0) is 11.5. The van der Waals surface area contributed by atoms with Crippen molar-refractivity contribution in [1.29, 1.82) is 5.26 Å². The molecule has 0 spiro atoms. The molecule has 0 bridgehead atoms. The topological polar surface area (TPSA) is 55.1 Å². The Morgan fingerprint density at radius 2 is 2.07 bits per heavy atom. The van der Waals surface area contributed by atoms with Gasteiger partial charge in [-0.25, -0.2) is 0 Å². The molecular weight excluding hydrogens is 213 g/mol. The van der Waals surface area contributed by atoms with Crippen molar-refractivity contribution in [2.75, 3.05) is 7.11 Å². The van der Waals surface area contributed by atoms with Crippen LogP contribution in [0.5, 0.6) is 11.8 Å². The van der Waals surface area contributed by atoms with Crippen molar-refractivity contribution in [3.05, 3.63) is 17.7 Å². The second kappa shape index (κ2) is 4.04. The predicted octanol–water partition coefficient (Wildman–Crippen LogP) is 1.86. The molecule has 0 N–H and O–H groups in total. The lowest BCUT2D eigenvalue weighted by Gasteiger charge is -2.09. The monoisotopic (exact) mass is 218 g/mol. The van der Waals surface area contributed by atoms with Gasteiger partial charge in [0.25, 0.3) is 0 Å². The Bertz CT molecular complexity index is 398. The first kappa shape index (κ1) is 11.1. The second-order valence-corrected chi connectivity index (χ2v) is 2.37. The van der Waals surface area contributed by atoms with Crippen LogP contribution < -0.4 is 9.47 Å². The highest BCUT2D eigenvalue weighted by Gasteiger charge is 2.33. The molecule has 0 atom stereocenters. The SMILES string of the molecule is COc1ccc(C#N)c(OC(F)(F)F)n1. The molecule has 0 unspecified atom stereocenters. The smallest absolute Gasteiger partial charge is 0.481 e. The van der Waals surface area contributed by atoms with Gasteiger partial charge in [0.05, 0.1) is 7.11 Å². The molecule has 1 heterocycles. The fourth-order valence-electron chi connectivity index (χ4n) is 0.810. The molecule has 0 aliphatic rings. The lowest BCUT2D eigenvalue weighted by molar-refractivity contribution is -0.276. The average Bonchev–Trinajstić information content (AvgIpc) is 2.15. The van der Waals surface area contributed by atoms with Gasteiger partial charge < -0.3 is 9.47 Å². The molecule has 0 aliphatic carbocycles. The van der Waals surface area contributed by atoms with E-state index in [0.717, 1.165) is 6.07 Å². The molecule has 1 aromatic rings. The number of hydrogen-bond acceptors (Lipinski definition) is 4. The number of ether oxygens (including phenoxy) is 2. The van der Waals surface area contributed by atoms with Crippen molar-refractivity contribution in [2.24, 2.45) is 0 Å². The molecule has 7 heteroatoms. The van der Waals surface area contributed by atoms with Crippen LogP contribution >= 0.6 is 0 Å². The van der Waals surface area contributed by atoms with Gasteiger partial charge in [-0.05, 0) is 6.07 Å². The van der Waals surface area contributed by atoms with Crippen LogP contribution in [-0.2, 0) is 0 Å². The Kier molecular flexibility index (Phi) is 2.99. The summed E-state index contributed by atoms with van der Waals surface area (Å²) >= 11 is 0. The summed E-state index contributed by atoms with van der Waals surface area (Å²) in [7, 11) is 1.24. The maximum absolute atomic E-state index is 11.9. The van der Waals surface area contributed by atoms with Gasteiger partial charge in [-0.15, -0.1) is 13.2 Å². The Labute approximate surface area is 82.9 Å². The molecule has 1 aromatic heterocycles.